The Morgan fingerprint density at radius 2 is 1.53 bits per heavy atom. The van der Waals surface area contributed by atoms with Crippen molar-refractivity contribution in [2.75, 3.05) is 0 Å². The van der Waals surface area contributed by atoms with Crippen LogP contribution in [0.2, 0.25) is 19.6 Å². The van der Waals surface area contributed by atoms with Gasteiger partial charge in [-0.1, -0.05) is 80.0 Å². The van der Waals surface area contributed by atoms with Gasteiger partial charge in [-0.3, -0.25) is 4.98 Å². The van der Waals surface area contributed by atoms with Crippen LogP contribution in [0.15, 0.2) is 120 Å². The number of nitrogens with zero attached hydrogens (tertiary/aromatic N) is 4. The van der Waals surface area contributed by atoms with E-state index >= 15 is 0 Å². The van der Waals surface area contributed by atoms with Crippen LogP contribution in [0, 0.1) is 26.0 Å². The molecule has 0 bridgehead atoms. The molecule has 0 spiro atoms. The maximum Gasteiger partial charge on any atom is 0.216 e. The molecule has 0 unspecified atom stereocenters. The first kappa shape index (κ1) is 32.3. The number of hydrogen-bond donors (Lipinski definition) is 0. The summed E-state index contributed by atoms with van der Waals surface area (Å²) in [6, 6.07) is 43.6. The van der Waals surface area contributed by atoms with Gasteiger partial charge in [0.2, 0.25) is 5.71 Å². The summed E-state index contributed by atoms with van der Waals surface area (Å²) in [5.74, 6) is 0.804. The summed E-state index contributed by atoms with van der Waals surface area (Å²) >= 11 is 0. The first-order valence-electron chi connectivity index (χ1n) is 15.5. The number of imidazole rings is 1. The Morgan fingerprint density at radius 1 is 0.745 bits per heavy atom. The van der Waals surface area contributed by atoms with Gasteiger partial charge < -0.3 is 14.0 Å². The SMILES string of the molecule is Cc1c[c-]c(-c2ccc([Si](C)(C)C)cn2)cc1.Cc1ccc2c(n1)oc1c(-c3nc4ccccc4n3-c3ccccc3)[c-]ccc12.[Ir]. The first-order valence-corrected chi connectivity index (χ1v) is 19.0. The molecule has 5 nitrogen and oxygen atoms in total. The van der Waals surface area contributed by atoms with Crippen LogP contribution in [0.5, 0.6) is 0 Å². The maximum absolute atomic E-state index is 6.21. The van der Waals surface area contributed by atoms with Crippen LogP contribution >= 0.6 is 0 Å². The standard InChI is InChI=1S/C25H16N3O.C15H18NSi.Ir/c1-16-14-15-19-18-10-7-11-20(23(18)29-25(19)26-16)24-27-21-12-5-6-13-22(21)28(24)17-8-3-2-4-9-17;1-12-5-7-13(8-6-12)15-10-9-14(11-16-15)17(2,3)4;/h2-10,12-15H,1H3;5-7,9-11H,1-4H3;/q2*-1;. The third-order valence-corrected chi connectivity index (χ3v) is 10.1. The van der Waals surface area contributed by atoms with Crippen molar-refractivity contribution in [2.24, 2.45) is 0 Å². The van der Waals surface area contributed by atoms with E-state index in [2.05, 4.69) is 102 Å². The molecule has 0 aliphatic heterocycles. The third kappa shape index (κ3) is 6.47. The second-order valence-electron chi connectivity index (χ2n) is 12.6. The van der Waals surface area contributed by atoms with Gasteiger partial charge in [0.05, 0.1) is 30.5 Å². The Hall–Kier alpha value is -4.68. The summed E-state index contributed by atoms with van der Waals surface area (Å²) in [5.41, 5.74) is 9.49. The predicted octanol–water partition coefficient (Wildman–Crippen LogP) is 9.50. The van der Waals surface area contributed by atoms with Crippen molar-refractivity contribution in [3.05, 3.63) is 139 Å². The molecule has 0 amide bonds. The molecule has 0 N–H and O–H groups in total. The Kier molecular flexibility index (Phi) is 9.06. The molecule has 0 saturated heterocycles. The summed E-state index contributed by atoms with van der Waals surface area (Å²) in [4.78, 5) is 14.1. The normalized spacial score (nSPS) is 11.3. The van der Waals surface area contributed by atoms with Crippen LogP contribution in [0.25, 0.3) is 61.4 Å². The van der Waals surface area contributed by atoms with Gasteiger partial charge in [0, 0.05) is 43.1 Å². The number of furan rings is 1. The maximum atomic E-state index is 6.21. The number of rotatable bonds is 4. The summed E-state index contributed by atoms with van der Waals surface area (Å²) < 4.78 is 8.37. The first-order chi connectivity index (χ1) is 22.3. The molecule has 4 aromatic heterocycles. The zero-order chi connectivity index (χ0) is 31.8. The van der Waals surface area contributed by atoms with Crippen molar-refractivity contribution in [1.29, 1.82) is 0 Å². The van der Waals surface area contributed by atoms with E-state index in [-0.39, 0.29) is 20.1 Å². The van der Waals surface area contributed by atoms with Gasteiger partial charge in [-0.2, -0.15) is 0 Å². The summed E-state index contributed by atoms with van der Waals surface area (Å²) in [7, 11) is -1.24. The molecule has 0 atom stereocenters. The number of aromatic nitrogens is 4. The quantitative estimate of drug-likeness (QED) is 0.131. The summed E-state index contributed by atoms with van der Waals surface area (Å²) in [6.07, 6.45) is 2.02. The molecular formula is C40H34IrN4OSi-2. The summed E-state index contributed by atoms with van der Waals surface area (Å²) in [5, 5.41) is 3.42. The molecule has 1 radical (unpaired) electrons. The molecule has 4 aromatic carbocycles. The van der Waals surface area contributed by atoms with Gasteiger partial charge in [-0.05, 0) is 54.2 Å². The molecule has 0 aliphatic carbocycles. The van der Waals surface area contributed by atoms with Crippen molar-refractivity contribution in [3.63, 3.8) is 0 Å². The fraction of sp³-hybridized carbons (Fsp3) is 0.125. The van der Waals surface area contributed by atoms with E-state index in [1.807, 2.05) is 73.8 Å². The minimum absolute atomic E-state index is 0. The van der Waals surface area contributed by atoms with Crippen molar-refractivity contribution in [3.8, 4) is 28.3 Å². The van der Waals surface area contributed by atoms with Crippen LogP contribution in [0.3, 0.4) is 0 Å². The van der Waals surface area contributed by atoms with E-state index in [0.717, 1.165) is 61.4 Å². The zero-order valence-corrected chi connectivity index (χ0v) is 30.4. The number of para-hydroxylation sites is 3. The van der Waals surface area contributed by atoms with E-state index in [9.17, 15) is 0 Å². The molecule has 0 saturated carbocycles. The summed E-state index contributed by atoms with van der Waals surface area (Å²) in [6.45, 7) is 11.0. The van der Waals surface area contributed by atoms with Crippen molar-refractivity contribution in [1.82, 2.24) is 19.5 Å². The number of aryl methyl sites for hydroxylation is 2. The number of pyridine rings is 2. The van der Waals surface area contributed by atoms with Crippen LogP contribution < -0.4 is 5.19 Å². The van der Waals surface area contributed by atoms with E-state index in [1.165, 1.54) is 10.8 Å². The number of fused-ring (bicyclic) bond motifs is 4. The molecule has 0 fully saturated rings. The Bertz CT molecular complexity index is 2300. The fourth-order valence-electron chi connectivity index (χ4n) is 5.57. The molecule has 8 aromatic rings. The number of hydrogen-bond acceptors (Lipinski definition) is 4. The monoisotopic (exact) mass is 807 g/mol. The molecule has 8 rings (SSSR count). The predicted molar refractivity (Wildman–Crippen MR) is 191 cm³/mol. The van der Waals surface area contributed by atoms with Gasteiger partial charge in [0.1, 0.15) is 0 Å². The number of benzene rings is 4. The largest absolute Gasteiger partial charge is 0.486 e. The minimum Gasteiger partial charge on any atom is -0.486 e. The average Bonchev–Trinajstić information content (AvgIpc) is 3.64. The van der Waals surface area contributed by atoms with Crippen LogP contribution in [0.1, 0.15) is 11.3 Å². The average molecular weight is 807 g/mol. The van der Waals surface area contributed by atoms with E-state index in [4.69, 9.17) is 9.40 Å². The van der Waals surface area contributed by atoms with Gasteiger partial charge in [0.25, 0.3) is 0 Å². The van der Waals surface area contributed by atoms with Crippen LogP contribution in [0.4, 0.5) is 0 Å². The van der Waals surface area contributed by atoms with E-state index < -0.39 is 8.07 Å². The Labute approximate surface area is 289 Å². The zero-order valence-electron chi connectivity index (χ0n) is 27.0. The van der Waals surface area contributed by atoms with Gasteiger partial charge in [-0.15, -0.1) is 53.6 Å². The minimum atomic E-state index is -1.24. The third-order valence-electron chi connectivity index (χ3n) is 8.11. The molecule has 4 heterocycles. The Morgan fingerprint density at radius 3 is 2.26 bits per heavy atom. The van der Waals surface area contributed by atoms with Crippen molar-refractivity contribution in [2.45, 2.75) is 33.5 Å². The second kappa shape index (κ2) is 13.2. The molecule has 7 heteroatoms. The van der Waals surface area contributed by atoms with E-state index in [0.29, 0.717) is 5.71 Å². The van der Waals surface area contributed by atoms with E-state index in [1.54, 1.807) is 0 Å². The van der Waals surface area contributed by atoms with Crippen molar-refractivity contribution >= 4 is 46.4 Å². The van der Waals surface area contributed by atoms with Gasteiger partial charge in [0.15, 0.2) is 0 Å². The van der Waals surface area contributed by atoms with Crippen molar-refractivity contribution < 1.29 is 24.5 Å². The molecule has 0 aliphatic rings. The van der Waals surface area contributed by atoms with Gasteiger partial charge >= 0.3 is 0 Å². The van der Waals surface area contributed by atoms with Crippen LogP contribution in [-0.4, -0.2) is 27.6 Å². The van der Waals surface area contributed by atoms with Gasteiger partial charge in [-0.25, -0.2) is 4.98 Å². The molecular weight excluding hydrogens is 773 g/mol. The topological polar surface area (TPSA) is 56.7 Å². The smallest absolute Gasteiger partial charge is 0.216 e. The fourth-order valence-corrected chi connectivity index (χ4v) is 6.61. The molecule has 47 heavy (non-hydrogen) atoms. The van der Waals surface area contributed by atoms with Crippen LogP contribution in [-0.2, 0) is 20.1 Å². The molecule has 235 valence electrons. The Balaban J connectivity index is 0.000000185. The second-order valence-corrected chi connectivity index (χ2v) is 17.6.